The molecule has 0 aliphatic heterocycles. The highest BCUT2D eigenvalue weighted by Gasteiger charge is 2.09. The minimum absolute atomic E-state index is 0.0520. The molecule has 0 radical (unpaired) electrons. The standard InChI is InChI=1S/C20H20N4O/c1-14-13-19(22-17-11-9-16(10-12-17)15(2)25)23-20(21-14)24(3)18-7-5-4-6-8-18/h4-13H,1-3H3,(H,21,22,23). The number of aromatic nitrogens is 2. The van der Waals surface area contributed by atoms with Crippen molar-refractivity contribution in [3.8, 4) is 0 Å². The summed E-state index contributed by atoms with van der Waals surface area (Å²) in [6.45, 7) is 3.50. The maximum absolute atomic E-state index is 11.4. The predicted molar refractivity (Wildman–Crippen MR) is 101 cm³/mol. The molecule has 0 saturated carbocycles. The van der Waals surface area contributed by atoms with Crippen LogP contribution in [0.5, 0.6) is 0 Å². The van der Waals surface area contributed by atoms with E-state index in [1.54, 1.807) is 19.1 Å². The molecule has 0 saturated heterocycles. The number of para-hydroxylation sites is 1. The quantitative estimate of drug-likeness (QED) is 0.697. The van der Waals surface area contributed by atoms with E-state index in [1.165, 1.54) is 0 Å². The summed E-state index contributed by atoms with van der Waals surface area (Å²) in [5, 5.41) is 3.27. The number of carbonyl (C=O) groups excluding carboxylic acids is 1. The van der Waals surface area contributed by atoms with Gasteiger partial charge in [0.25, 0.3) is 0 Å². The lowest BCUT2D eigenvalue weighted by Crippen LogP contribution is -2.14. The second kappa shape index (κ2) is 7.13. The number of anilines is 4. The Bertz CT molecular complexity index is 876. The number of nitrogens with one attached hydrogen (secondary N) is 1. The Hall–Kier alpha value is -3.21. The average molecular weight is 332 g/mol. The minimum atomic E-state index is 0.0520. The molecule has 0 aliphatic carbocycles. The number of benzene rings is 2. The molecule has 25 heavy (non-hydrogen) atoms. The topological polar surface area (TPSA) is 58.1 Å². The van der Waals surface area contributed by atoms with E-state index in [-0.39, 0.29) is 5.78 Å². The van der Waals surface area contributed by atoms with Crippen molar-refractivity contribution < 1.29 is 4.79 Å². The molecule has 3 aromatic rings. The fourth-order valence-corrected chi connectivity index (χ4v) is 2.47. The average Bonchev–Trinajstić information content (AvgIpc) is 2.62. The Kier molecular flexibility index (Phi) is 4.75. The molecular formula is C20H20N4O. The Morgan fingerprint density at radius 1 is 1.00 bits per heavy atom. The number of hydrogen-bond acceptors (Lipinski definition) is 5. The third-order valence-corrected chi connectivity index (χ3v) is 3.85. The van der Waals surface area contributed by atoms with Crippen LogP contribution in [0.2, 0.25) is 0 Å². The summed E-state index contributed by atoms with van der Waals surface area (Å²) in [4.78, 5) is 22.4. The Balaban J connectivity index is 1.85. The molecule has 2 aromatic carbocycles. The van der Waals surface area contributed by atoms with Crippen molar-refractivity contribution in [1.29, 1.82) is 0 Å². The molecule has 1 aromatic heterocycles. The van der Waals surface area contributed by atoms with Crippen LogP contribution in [-0.2, 0) is 0 Å². The van der Waals surface area contributed by atoms with Crippen molar-refractivity contribution in [2.45, 2.75) is 13.8 Å². The van der Waals surface area contributed by atoms with Crippen LogP contribution in [0.25, 0.3) is 0 Å². The summed E-state index contributed by atoms with van der Waals surface area (Å²) in [7, 11) is 1.94. The van der Waals surface area contributed by atoms with E-state index in [4.69, 9.17) is 0 Å². The van der Waals surface area contributed by atoms with Gasteiger partial charge in [-0.2, -0.15) is 4.98 Å². The van der Waals surface area contributed by atoms with Gasteiger partial charge in [0.1, 0.15) is 5.82 Å². The van der Waals surface area contributed by atoms with Gasteiger partial charge in [0.15, 0.2) is 5.78 Å². The van der Waals surface area contributed by atoms with Crippen molar-refractivity contribution >= 4 is 28.9 Å². The molecule has 0 spiro atoms. The number of carbonyl (C=O) groups is 1. The van der Waals surface area contributed by atoms with Gasteiger partial charge < -0.3 is 10.2 Å². The number of Topliss-reactive ketones (excluding diaryl/α,β-unsaturated/α-hetero) is 1. The summed E-state index contributed by atoms with van der Waals surface area (Å²) < 4.78 is 0. The molecular weight excluding hydrogens is 312 g/mol. The van der Waals surface area contributed by atoms with E-state index >= 15 is 0 Å². The van der Waals surface area contributed by atoms with Gasteiger partial charge >= 0.3 is 0 Å². The van der Waals surface area contributed by atoms with E-state index in [1.807, 2.05) is 67.4 Å². The molecule has 0 aliphatic rings. The van der Waals surface area contributed by atoms with E-state index in [0.29, 0.717) is 17.3 Å². The van der Waals surface area contributed by atoms with Crippen LogP contribution in [0, 0.1) is 6.92 Å². The maximum atomic E-state index is 11.4. The number of ketones is 1. The third-order valence-electron chi connectivity index (χ3n) is 3.85. The molecule has 0 amide bonds. The summed E-state index contributed by atoms with van der Waals surface area (Å²) in [5.74, 6) is 1.38. The number of rotatable bonds is 5. The lowest BCUT2D eigenvalue weighted by atomic mass is 10.1. The highest BCUT2D eigenvalue weighted by Crippen LogP contribution is 2.23. The van der Waals surface area contributed by atoms with Gasteiger partial charge in [-0.1, -0.05) is 18.2 Å². The summed E-state index contributed by atoms with van der Waals surface area (Å²) in [6, 6.07) is 19.2. The van der Waals surface area contributed by atoms with E-state index in [0.717, 1.165) is 17.1 Å². The van der Waals surface area contributed by atoms with Gasteiger partial charge in [0.05, 0.1) is 0 Å². The molecule has 5 nitrogen and oxygen atoms in total. The van der Waals surface area contributed by atoms with Crippen LogP contribution in [0.4, 0.5) is 23.1 Å². The molecule has 1 N–H and O–H groups in total. The number of nitrogens with zero attached hydrogens (tertiary/aromatic N) is 3. The second-order valence-electron chi connectivity index (χ2n) is 5.85. The van der Waals surface area contributed by atoms with Crippen LogP contribution >= 0.6 is 0 Å². The van der Waals surface area contributed by atoms with Crippen LogP contribution in [0.1, 0.15) is 23.0 Å². The molecule has 0 fully saturated rings. The molecule has 0 unspecified atom stereocenters. The molecule has 126 valence electrons. The zero-order valence-electron chi connectivity index (χ0n) is 14.5. The van der Waals surface area contributed by atoms with Crippen LogP contribution in [-0.4, -0.2) is 22.8 Å². The lowest BCUT2D eigenvalue weighted by molar-refractivity contribution is 0.101. The van der Waals surface area contributed by atoms with Gasteiger partial charge in [-0.05, 0) is 50.2 Å². The first-order valence-corrected chi connectivity index (χ1v) is 8.05. The first kappa shape index (κ1) is 16.6. The van der Waals surface area contributed by atoms with Crippen LogP contribution in [0.3, 0.4) is 0 Å². The first-order valence-electron chi connectivity index (χ1n) is 8.05. The summed E-state index contributed by atoms with van der Waals surface area (Å²) in [6.07, 6.45) is 0. The molecule has 1 heterocycles. The predicted octanol–water partition coefficient (Wildman–Crippen LogP) is 4.50. The highest BCUT2D eigenvalue weighted by molar-refractivity contribution is 5.94. The SMILES string of the molecule is CC(=O)c1ccc(Nc2cc(C)nc(N(C)c3ccccc3)n2)cc1. The second-order valence-corrected chi connectivity index (χ2v) is 5.85. The zero-order chi connectivity index (χ0) is 17.8. The van der Waals surface area contributed by atoms with Gasteiger partial charge in [-0.25, -0.2) is 4.98 Å². The molecule has 5 heteroatoms. The smallest absolute Gasteiger partial charge is 0.231 e. The highest BCUT2D eigenvalue weighted by atomic mass is 16.1. The van der Waals surface area contributed by atoms with Gasteiger partial charge in [-0.15, -0.1) is 0 Å². The van der Waals surface area contributed by atoms with E-state index in [9.17, 15) is 4.79 Å². The number of hydrogen-bond donors (Lipinski definition) is 1. The molecule has 3 rings (SSSR count). The first-order chi connectivity index (χ1) is 12.0. The minimum Gasteiger partial charge on any atom is -0.340 e. The van der Waals surface area contributed by atoms with Crippen molar-refractivity contribution in [2.24, 2.45) is 0 Å². The van der Waals surface area contributed by atoms with Gasteiger partial charge in [0.2, 0.25) is 5.95 Å². The number of aryl methyl sites for hydroxylation is 1. The van der Waals surface area contributed by atoms with Crippen LogP contribution < -0.4 is 10.2 Å². The van der Waals surface area contributed by atoms with Crippen molar-refractivity contribution in [1.82, 2.24) is 9.97 Å². The zero-order valence-corrected chi connectivity index (χ0v) is 14.5. The fourth-order valence-electron chi connectivity index (χ4n) is 2.47. The largest absolute Gasteiger partial charge is 0.340 e. The Morgan fingerprint density at radius 3 is 2.32 bits per heavy atom. The van der Waals surface area contributed by atoms with Gasteiger partial charge in [-0.3, -0.25) is 4.79 Å². The van der Waals surface area contributed by atoms with Crippen molar-refractivity contribution in [3.05, 3.63) is 71.9 Å². The van der Waals surface area contributed by atoms with Crippen LogP contribution in [0.15, 0.2) is 60.7 Å². The Morgan fingerprint density at radius 2 is 1.68 bits per heavy atom. The van der Waals surface area contributed by atoms with E-state index < -0.39 is 0 Å². The molecule has 0 atom stereocenters. The van der Waals surface area contributed by atoms with Crippen molar-refractivity contribution in [2.75, 3.05) is 17.3 Å². The summed E-state index contributed by atoms with van der Waals surface area (Å²) >= 11 is 0. The maximum Gasteiger partial charge on any atom is 0.231 e. The van der Waals surface area contributed by atoms with E-state index in [2.05, 4.69) is 15.3 Å². The summed E-state index contributed by atoms with van der Waals surface area (Å²) in [5.41, 5.74) is 3.45. The Labute approximate surface area is 147 Å². The normalized spacial score (nSPS) is 10.4. The fraction of sp³-hybridized carbons (Fsp3) is 0.150. The monoisotopic (exact) mass is 332 g/mol. The lowest BCUT2D eigenvalue weighted by Gasteiger charge is -2.18. The van der Waals surface area contributed by atoms with Gasteiger partial charge in [0, 0.05) is 35.7 Å². The third kappa shape index (κ3) is 4.01. The van der Waals surface area contributed by atoms with Crippen molar-refractivity contribution in [3.63, 3.8) is 0 Å². The molecule has 0 bridgehead atoms.